The van der Waals surface area contributed by atoms with Gasteiger partial charge in [-0.15, -0.1) is 0 Å². The number of hydrogen-bond acceptors (Lipinski definition) is 1. The van der Waals surface area contributed by atoms with E-state index in [0.29, 0.717) is 17.9 Å². The van der Waals surface area contributed by atoms with Crippen molar-refractivity contribution in [3.8, 4) is 0 Å². The van der Waals surface area contributed by atoms with E-state index in [1.807, 2.05) is 0 Å². The maximum Gasteiger partial charge on any atom is 0.0493 e. The zero-order valence-electron chi connectivity index (χ0n) is 10.0. The van der Waals surface area contributed by atoms with Crippen molar-refractivity contribution < 1.29 is 5.11 Å². The summed E-state index contributed by atoms with van der Waals surface area (Å²) in [5, 5.41) is 9.07. The molecule has 0 fully saturated rings. The van der Waals surface area contributed by atoms with Crippen LogP contribution >= 0.6 is 0 Å². The lowest BCUT2D eigenvalue weighted by atomic mass is 9.72. The molecular formula is C13H24O. The molecule has 0 radical (unpaired) electrons. The average molecular weight is 196 g/mol. The van der Waals surface area contributed by atoms with Crippen LogP contribution in [0.5, 0.6) is 0 Å². The number of rotatable bonds is 2. The molecule has 1 nitrogen and oxygen atoms in total. The van der Waals surface area contributed by atoms with Gasteiger partial charge < -0.3 is 5.11 Å². The Morgan fingerprint density at radius 1 is 1.50 bits per heavy atom. The topological polar surface area (TPSA) is 20.2 Å². The van der Waals surface area contributed by atoms with Gasteiger partial charge in [0.2, 0.25) is 0 Å². The molecule has 0 bridgehead atoms. The first-order valence-corrected chi connectivity index (χ1v) is 5.75. The molecule has 14 heavy (non-hydrogen) atoms. The number of hydrogen-bond donors (Lipinski definition) is 1. The van der Waals surface area contributed by atoms with Crippen molar-refractivity contribution in [3.63, 3.8) is 0 Å². The van der Waals surface area contributed by atoms with Crippen LogP contribution in [0.4, 0.5) is 0 Å². The summed E-state index contributed by atoms with van der Waals surface area (Å²) in [5.41, 5.74) is 1.90. The van der Waals surface area contributed by atoms with Crippen molar-refractivity contribution in [1.29, 1.82) is 0 Å². The Morgan fingerprint density at radius 2 is 2.14 bits per heavy atom. The largest absolute Gasteiger partial charge is 0.396 e. The SMILES string of the molecule is CC(CO)C1=CCC(C(C)(C)C)CC1. The van der Waals surface area contributed by atoms with Crippen LogP contribution in [0, 0.1) is 17.3 Å². The highest BCUT2D eigenvalue weighted by Gasteiger charge is 2.26. The molecule has 1 heteroatoms. The Morgan fingerprint density at radius 3 is 2.50 bits per heavy atom. The molecule has 1 aliphatic carbocycles. The third-order valence-electron chi connectivity index (χ3n) is 3.58. The fourth-order valence-corrected chi connectivity index (χ4v) is 2.21. The third kappa shape index (κ3) is 2.84. The smallest absolute Gasteiger partial charge is 0.0493 e. The second kappa shape index (κ2) is 4.48. The van der Waals surface area contributed by atoms with Crippen LogP contribution in [-0.4, -0.2) is 11.7 Å². The second-order valence-corrected chi connectivity index (χ2v) is 5.70. The van der Waals surface area contributed by atoms with E-state index in [4.69, 9.17) is 5.11 Å². The Bertz CT molecular complexity index is 210. The first-order chi connectivity index (χ1) is 6.45. The number of allylic oxidation sites excluding steroid dienone is 1. The molecule has 2 atom stereocenters. The summed E-state index contributed by atoms with van der Waals surface area (Å²) in [6, 6.07) is 0. The summed E-state index contributed by atoms with van der Waals surface area (Å²) in [6.07, 6.45) is 6.03. The zero-order valence-corrected chi connectivity index (χ0v) is 10.0. The number of aliphatic hydroxyl groups is 1. The van der Waals surface area contributed by atoms with E-state index in [0.717, 1.165) is 5.92 Å². The van der Waals surface area contributed by atoms with Crippen molar-refractivity contribution in [1.82, 2.24) is 0 Å². The third-order valence-corrected chi connectivity index (χ3v) is 3.58. The van der Waals surface area contributed by atoms with E-state index in [1.165, 1.54) is 24.8 Å². The van der Waals surface area contributed by atoms with E-state index in [9.17, 15) is 0 Å². The summed E-state index contributed by atoms with van der Waals surface area (Å²) in [4.78, 5) is 0. The van der Waals surface area contributed by atoms with Crippen LogP contribution in [0.3, 0.4) is 0 Å². The molecule has 0 saturated carbocycles. The average Bonchev–Trinajstić information content (AvgIpc) is 2.15. The summed E-state index contributed by atoms with van der Waals surface area (Å²) in [6.45, 7) is 9.39. The van der Waals surface area contributed by atoms with Gasteiger partial charge in [0.25, 0.3) is 0 Å². The molecule has 1 N–H and O–H groups in total. The van der Waals surface area contributed by atoms with Crippen molar-refractivity contribution in [2.75, 3.05) is 6.61 Å². The molecular weight excluding hydrogens is 172 g/mol. The molecule has 2 unspecified atom stereocenters. The second-order valence-electron chi connectivity index (χ2n) is 5.70. The summed E-state index contributed by atoms with van der Waals surface area (Å²) in [5.74, 6) is 1.19. The highest BCUT2D eigenvalue weighted by molar-refractivity contribution is 5.10. The predicted molar refractivity (Wildman–Crippen MR) is 61.1 cm³/mol. The van der Waals surface area contributed by atoms with Crippen molar-refractivity contribution >= 4 is 0 Å². The molecule has 82 valence electrons. The molecule has 0 aliphatic heterocycles. The molecule has 1 aliphatic rings. The highest BCUT2D eigenvalue weighted by atomic mass is 16.3. The van der Waals surface area contributed by atoms with E-state index in [-0.39, 0.29) is 0 Å². The lowest BCUT2D eigenvalue weighted by Gasteiger charge is -2.34. The summed E-state index contributed by atoms with van der Waals surface area (Å²) < 4.78 is 0. The van der Waals surface area contributed by atoms with Crippen LogP contribution in [0.25, 0.3) is 0 Å². The summed E-state index contributed by atoms with van der Waals surface area (Å²) in [7, 11) is 0. The Balaban J connectivity index is 2.55. The fraction of sp³-hybridized carbons (Fsp3) is 0.846. The monoisotopic (exact) mass is 196 g/mol. The van der Waals surface area contributed by atoms with Crippen LogP contribution in [0.1, 0.15) is 47.0 Å². The van der Waals surface area contributed by atoms with Crippen molar-refractivity contribution in [2.24, 2.45) is 17.3 Å². The quantitative estimate of drug-likeness (QED) is 0.671. The molecule has 0 amide bonds. The van der Waals surface area contributed by atoms with Crippen LogP contribution < -0.4 is 0 Å². The van der Waals surface area contributed by atoms with Gasteiger partial charge in [-0.25, -0.2) is 0 Å². The molecule has 0 aromatic heterocycles. The van der Waals surface area contributed by atoms with E-state index >= 15 is 0 Å². The predicted octanol–water partition coefficient (Wildman–Crippen LogP) is 3.39. The van der Waals surface area contributed by atoms with Crippen LogP contribution in [-0.2, 0) is 0 Å². The van der Waals surface area contributed by atoms with Gasteiger partial charge >= 0.3 is 0 Å². The normalized spacial score (nSPS) is 25.8. The lowest BCUT2D eigenvalue weighted by molar-refractivity contribution is 0.209. The van der Waals surface area contributed by atoms with Gasteiger partial charge in [0, 0.05) is 12.5 Å². The van der Waals surface area contributed by atoms with E-state index in [1.54, 1.807) is 0 Å². The Hall–Kier alpha value is -0.300. The minimum Gasteiger partial charge on any atom is -0.396 e. The van der Waals surface area contributed by atoms with Crippen LogP contribution in [0.2, 0.25) is 0 Å². The van der Waals surface area contributed by atoms with Crippen molar-refractivity contribution in [3.05, 3.63) is 11.6 Å². The first-order valence-electron chi connectivity index (χ1n) is 5.75. The van der Waals surface area contributed by atoms with Gasteiger partial charge in [-0.1, -0.05) is 39.3 Å². The standard InChI is InChI=1S/C13H24O/c1-10(9-14)11-5-7-12(8-6-11)13(2,3)4/h5,10,12,14H,6-9H2,1-4H3. The summed E-state index contributed by atoms with van der Waals surface area (Å²) >= 11 is 0. The molecule has 0 aromatic carbocycles. The Kier molecular flexibility index (Phi) is 3.77. The highest BCUT2D eigenvalue weighted by Crippen LogP contribution is 2.38. The van der Waals surface area contributed by atoms with Crippen molar-refractivity contribution in [2.45, 2.75) is 47.0 Å². The lowest BCUT2D eigenvalue weighted by Crippen LogP contribution is -2.23. The van der Waals surface area contributed by atoms with E-state index in [2.05, 4.69) is 33.8 Å². The molecule has 0 heterocycles. The molecule has 1 rings (SSSR count). The van der Waals surface area contributed by atoms with Gasteiger partial charge in [0.15, 0.2) is 0 Å². The first kappa shape index (κ1) is 11.8. The molecule has 0 spiro atoms. The van der Waals surface area contributed by atoms with Gasteiger partial charge in [0.05, 0.1) is 0 Å². The van der Waals surface area contributed by atoms with Gasteiger partial charge in [-0.2, -0.15) is 0 Å². The fourth-order valence-electron chi connectivity index (χ4n) is 2.21. The van der Waals surface area contributed by atoms with Gasteiger partial charge in [-0.3, -0.25) is 0 Å². The minimum atomic E-state index is 0.298. The molecule has 0 aromatic rings. The maximum absolute atomic E-state index is 9.07. The zero-order chi connectivity index (χ0) is 10.8. The number of aliphatic hydroxyl groups excluding tert-OH is 1. The maximum atomic E-state index is 9.07. The molecule has 0 saturated heterocycles. The minimum absolute atomic E-state index is 0.298. The van der Waals surface area contributed by atoms with E-state index < -0.39 is 0 Å². The van der Waals surface area contributed by atoms with Gasteiger partial charge in [0.1, 0.15) is 0 Å². The van der Waals surface area contributed by atoms with Gasteiger partial charge in [-0.05, 0) is 30.6 Å². The Labute approximate surface area is 88.2 Å². The van der Waals surface area contributed by atoms with Crippen LogP contribution in [0.15, 0.2) is 11.6 Å².